The number of ether oxygens (including phenoxy) is 1. The summed E-state index contributed by atoms with van der Waals surface area (Å²) >= 11 is 0. The van der Waals surface area contributed by atoms with Gasteiger partial charge in [-0.1, -0.05) is 12.1 Å². The number of nitrogens with two attached hydrogens (primary N) is 2. The van der Waals surface area contributed by atoms with Gasteiger partial charge in [-0.05, 0) is 24.3 Å². The fraction of sp³-hybridized carbons (Fsp3) is 0.133. The lowest BCUT2D eigenvalue weighted by atomic mass is 10.3. The van der Waals surface area contributed by atoms with Gasteiger partial charge < -0.3 is 21.5 Å². The van der Waals surface area contributed by atoms with Gasteiger partial charge in [0.1, 0.15) is 17.2 Å². The van der Waals surface area contributed by atoms with Crippen molar-refractivity contribution in [2.75, 3.05) is 17.6 Å². The van der Waals surface area contributed by atoms with Gasteiger partial charge in [0.2, 0.25) is 5.91 Å². The van der Waals surface area contributed by atoms with Gasteiger partial charge in [0.05, 0.1) is 6.54 Å². The van der Waals surface area contributed by atoms with Gasteiger partial charge in [0, 0.05) is 0 Å². The Balaban J connectivity index is 2.21. The van der Waals surface area contributed by atoms with Gasteiger partial charge in [-0.3, -0.25) is 4.79 Å². The smallest absolute Gasteiger partial charge is 0.417 e. The van der Waals surface area contributed by atoms with Gasteiger partial charge >= 0.3 is 12.1 Å². The topological polar surface area (TPSA) is 145 Å². The first kappa shape index (κ1) is 19.8. The Hall–Kier alpha value is -3.54. The number of aromatic nitrogens is 1. The number of carbonyl (C=O) groups is 2. The molecule has 0 unspecified atom stereocenters. The van der Waals surface area contributed by atoms with Crippen LogP contribution in [0.25, 0.3) is 0 Å². The monoisotopic (exact) mass is 382 g/mol. The lowest BCUT2D eigenvalue weighted by molar-refractivity contribution is -0.189. The zero-order chi connectivity index (χ0) is 20.0. The number of benzene rings is 1. The third-order valence-corrected chi connectivity index (χ3v) is 2.92. The van der Waals surface area contributed by atoms with E-state index in [1.165, 1.54) is 30.3 Å². The molecule has 0 spiro atoms. The molecule has 0 saturated carbocycles. The lowest BCUT2D eigenvalue weighted by Crippen LogP contribution is -2.27. The van der Waals surface area contributed by atoms with Crippen molar-refractivity contribution in [1.29, 1.82) is 0 Å². The van der Waals surface area contributed by atoms with Crippen LogP contribution in [0.15, 0.2) is 46.6 Å². The number of rotatable bonds is 5. The van der Waals surface area contributed by atoms with Crippen molar-refractivity contribution in [3.63, 3.8) is 0 Å². The number of halogens is 3. The molecule has 0 radical (unpaired) electrons. The lowest BCUT2D eigenvalue weighted by Gasteiger charge is -2.08. The third-order valence-electron chi connectivity index (χ3n) is 2.92. The highest BCUT2D eigenvalue weighted by Crippen LogP contribution is 2.32. The molecule has 0 aliphatic carbocycles. The average molecular weight is 382 g/mol. The number of pyridine rings is 1. The number of nitrogens with one attached hydrogen (secondary N) is 1. The Bertz CT molecular complexity index is 885. The van der Waals surface area contributed by atoms with Crippen LogP contribution in [0.2, 0.25) is 0 Å². The summed E-state index contributed by atoms with van der Waals surface area (Å²) in [6.45, 7) is -0.240. The number of azo groups is 1. The molecule has 0 aliphatic heterocycles. The molecule has 1 aromatic heterocycles. The first-order chi connectivity index (χ1) is 12.7. The minimum Gasteiger partial charge on any atom is -0.417 e. The molecule has 12 heteroatoms. The van der Waals surface area contributed by atoms with Crippen LogP contribution in [0.1, 0.15) is 0 Å². The maximum absolute atomic E-state index is 12.3. The Morgan fingerprint density at radius 1 is 1.11 bits per heavy atom. The number of hydrogen-bond donors (Lipinski definition) is 3. The molecule has 2 aromatic rings. The molecule has 27 heavy (non-hydrogen) atoms. The van der Waals surface area contributed by atoms with Gasteiger partial charge in [-0.2, -0.15) is 13.2 Å². The fourth-order valence-electron chi connectivity index (χ4n) is 1.71. The molecule has 2 rings (SSSR count). The number of nitrogens with zero attached hydrogens (tertiary/aromatic N) is 3. The van der Waals surface area contributed by atoms with Crippen LogP contribution >= 0.6 is 0 Å². The van der Waals surface area contributed by atoms with E-state index in [4.69, 9.17) is 11.5 Å². The number of hydrogen-bond acceptors (Lipinski definition) is 8. The van der Waals surface area contributed by atoms with E-state index in [0.29, 0.717) is 0 Å². The Kier molecular flexibility index (Phi) is 6.03. The second-order valence-corrected chi connectivity index (χ2v) is 4.91. The predicted molar refractivity (Wildman–Crippen MR) is 88.6 cm³/mol. The molecule has 0 bridgehead atoms. The van der Waals surface area contributed by atoms with Crippen molar-refractivity contribution in [3.05, 3.63) is 36.4 Å². The molecule has 0 atom stereocenters. The largest absolute Gasteiger partial charge is 0.491 e. The van der Waals surface area contributed by atoms with Crippen LogP contribution in [0.4, 0.5) is 36.2 Å². The fourth-order valence-corrected chi connectivity index (χ4v) is 1.71. The summed E-state index contributed by atoms with van der Waals surface area (Å²) in [7, 11) is 0. The Morgan fingerprint density at radius 3 is 2.41 bits per heavy atom. The summed E-state index contributed by atoms with van der Waals surface area (Å²) in [6, 6.07) is 8.01. The number of carbonyl (C=O) groups excluding carboxylic acids is 2. The van der Waals surface area contributed by atoms with Crippen molar-refractivity contribution >= 4 is 34.9 Å². The summed E-state index contributed by atoms with van der Waals surface area (Å²) < 4.78 is 41.3. The first-order valence-electron chi connectivity index (χ1n) is 7.27. The number of anilines is 2. The van der Waals surface area contributed by atoms with E-state index in [1.807, 2.05) is 0 Å². The summed E-state index contributed by atoms with van der Waals surface area (Å²) in [6.07, 6.45) is -5.15. The second kappa shape index (κ2) is 8.23. The molecule has 9 nitrogen and oxygen atoms in total. The van der Waals surface area contributed by atoms with Crippen molar-refractivity contribution in [3.8, 4) is 5.75 Å². The van der Waals surface area contributed by atoms with Gasteiger partial charge in [-0.25, -0.2) is 9.78 Å². The predicted octanol–water partition coefficient (Wildman–Crippen LogP) is 2.44. The normalized spacial score (nSPS) is 11.4. The highest BCUT2D eigenvalue weighted by molar-refractivity contribution is 5.91. The van der Waals surface area contributed by atoms with Crippen molar-refractivity contribution in [1.82, 2.24) is 4.98 Å². The average Bonchev–Trinajstić information content (AvgIpc) is 2.61. The highest BCUT2D eigenvalue weighted by atomic mass is 19.4. The number of esters is 1. The molecule has 0 fully saturated rings. The highest BCUT2D eigenvalue weighted by Gasteiger charge is 2.41. The Morgan fingerprint density at radius 2 is 1.78 bits per heavy atom. The van der Waals surface area contributed by atoms with E-state index in [9.17, 15) is 22.8 Å². The minimum atomic E-state index is -5.15. The number of alkyl halides is 3. The molecule has 5 N–H and O–H groups in total. The minimum absolute atomic E-state index is 0.0812. The summed E-state index contributed by atoms with van der Waals surface area (Å²) in [5.41, 5.74) is 10.8. The maximum Gasteiger partial charge on any atom is 0.491 e. The number of amides is 1. The van der Waals surface area contributed by atoms with Crippen molar-refractivity contribution < 1.29 is 27.5 Å². The Labute approximate surface area is 150 Å². The quantitative estimate of drug-likeness (QED) is 0.411. The summed E-state index contributed by atoms with van der Waals surface area (Å²) in [5, 5.41) is 9.89. The van der Waals surface area contributed by atoms with E-state index in [1.54, 1.807) is 0 Å². The van der Waals surface area contributed by atoms with Crippen LogP contribution < -0.4 is 21.5 Å². The summed E-state index contributed by atoms with van der Waals surface area (Å²) in [4.78, 5) is 26.1. The van der Waals surface area contributed by atoms with Gasteiger partial charge in [-0.15, -0.1) is 10.2 Å². The van der Waals surface area contributed by atoms with E-state index >= 15 is 0 Å². The van der Waals surface area contributed by atoms with E-state index < -0.39 is 23.8 Å². The van der Waals surface area contributed by atoms with Crippen LogP contribution in [0.5, 0.6) is 5.75 Å². The van der Waals surface area contributed by atoms with Crippen LogP contribution in [-0.4, -0.2) is 29.6 Å². The van der Waals surface area contributed by atoms with E-state index in [0.717, 1.165) is 6.07 Å². The molecule has 1 heterocycles. The van der Waals surface area contributed by atoms with Gasteiger partial charge in [0.25, 0.3) is 0 Å². The molecule has 1 aromatic carbocycles. The molecule has 0 aliphatic rings. The standard InChI is InChI=1S/C15H13F3N6O3/c16-15(17,18)14(26)27-10-4-2-1-3-8(10)23-24-9-5-6-11(22-13(9)20)21-12(25)7-19/h1-6H,7,19H2,(H3,20,21,22,25)/b24-23+. The third kappa shape index (κ3) is 5.47. The van der Waals surface area contributed by atoms with Crippen LogP contribution in [-0.2, 0) is 9.59 Å². The zero-order valence-corrected chi connectivity index (χ0v) is 13.5. The van der Waals surface area contributed by atoms with Crippen LogP contribution in [0, 0.1) is 0 Å². The van der Waals surface area contributed by atoms with Crippen molar-refractivity contribution in [2.45, 2.75) is 6.18 Å². The first-order valence-corrected chi connectivity index (χ1v) is 7.27. The molecule has 142 valence electrons. The van der Waals surface area contributed by atoms with Gasteiger partial charge in [0.15, 0.2) is 11.6 Å². The number of nitrogen functional groups attached to an aromatic ring is 1. The molecular weight excluding hydrogens is 369 g/mol. The SMILES string of the molecule is NCC(=O)Nc1ccc(/N=N/c2ccccc2OC(=O)C(F)(F)F)c(N)n1. The molecule has 0 saturated heterocycles. The van der Waals surface area contributed by atoms with Crippen LogP contribution in [0.3, 0.4) is 0 Å². The van der Waals surface area contributed by atoms with Crippen molar-refractivity contribution in [2.24, 2.45) is 16.0 Å². The summed E-state index contributed by atoms with van der Waals surface area (Å²) in [5.74, 6) is -3.25. The molecule has 1 amide bonds. The van der Waals surface area contributed by atoms with E-state index in [2.05, 4.69) is 25.3 Å². The maximum atomic E-state index is 12.3. The number of para-hydroxylation sites is 1. The van der Waals surface area contributed by atoms with E-state index in [-0.39, 0.29) is 29.6 Å². The zero-order valence-electron chi connectivity index (χ0n) is 13.5. The second-order valence-electron chi connectivity index (χ2n) is 4.91. The molecular formula is C15H13F3N6O3.